The normalized spacial score (nSPS) is 16.3. The molecule has 1 heterocycles. The number of benzene rings is 1. The first-order valence-electron chi connectivity index (χ1n) is 5.93. The third-order valence-electron chi connectivity index (χ3n) is 2.97. The Morgan fingerprint density at radius 1 is 1.44 bits per heavy atom. The second-order valence-corrected chi connectivity index (χ2v) is 4.65. The molecule has 1 fully saturated rings. The Hall–Kier alpha value is -1.26. The van der Waals surface area contributed by atoms with Gasteiger partial charge in [-0.15, -0.1) is 0 Å². The third-order valence-corrected chi connectivity index (χ3v) is 3.20. The molecular formula is C13H16ClNO3. The van der Waals surface area contributed by atoms with E-state index >= 15 is 0 Å². The fourth-order valence-corrected chi connectivity index (χ4v) is 2.16. The first-order valence-corrected chi connectivity index (χ1v) is 6.30. The predicted molar refractivity (Wildman–Crippen MR) is 70.3 cm³/mol. The van der Waals surface area contributed by atoms with Crippen molar-refractivity contribution in [2.45, 2.75) is 18.9 Å². The molecule has 0 unspecified atom stereocenters. The molecular weight excluding hydrogens is 254 g/mol. The van der Waals surface area contributed by atoms with Gasteiger partial charge in [-0.2, -0.15) is 0 Å². The number of halogens is 1. The fraction of sp³-hybridized carbons (Fsp3) is 0.462. The maximum atomic E-state index is 11.7. The zero-order valence-corrected chi connectivity index (χ0v) is 11.0. The fourth-order valence-electron chi connectivity index (χ4n) is 1.98. The van der Waals surface area contributed by atoms with Crippen LogP contribution in [0.25, 0.3) is 0 Å². The summed E-state index contributed by atoms with van der Waals surface area (Å²) in [5.41, 5.74) is 1.23. The molecule has 2 rings (SSSR count). The van der Waals surface area contributed by atoms with Gasteiger partial charge >= 0.3 is 5.97 Å². The Morgan fingerprint density at radius 3 is 2.83 bits per heavy atom. The lowest BCUT2D eigenvalue weighted by Gasteiger charge is -2.25. The summed E-state index contributed by atoms with van der Waals surface area (Å²) in [7, 11) is 1.36. The molecule has 1 aromatic carbocycles. The van der Waals surface area contributed by atoms with Gasteiger partial charge in [0, 0.05) is 30.0 Å². The van der Waals surface area contributed by atoms with Crippen LogP contribution < -0.4 is 5.32 Å². The van der Waals surface area contributed by atoms with Crippen LogP contribution in [0.3, 0.4) is 0 Å². The Kier molecular flexibility index (Phi) is 4.44. The molecule has 5 heteroatoms. The van der Waals surface area contributed by atoms with Crippen LogP contribution in [0.4, 0.5) is 5.69 Å². The van der Waals surface area contributed by atoms with Crippen molar-refractivity contribution in [3.05, 3.63) is 28.8 Å². The number of ether oxygens (including phenoxy) is 2. The first kappa shape index (κ1) is 13.2. The Bertz CT molecular complexity index is 430. The summed E-state index contributed by atoms with van der Waals surface area (Å²) in [5, 5.41) is 3.87. The average molecular weight is 270 g/mol. The molecule has 0 saturated carbocycles. The number of hydrogen-bond donors (Lipinski definition) is 1. The van der Waals surface area contributed by atoms with E-state index in [1.165, 1.54) is 7.11 Å². The van der Waals surface area contributed by atoms with Crippen LogP contribution in [-0.2, 0) is 9.47 Å². The van der Waals surface area contributed by atoms with Crippen LogP contribution in [0.5, 0.6) is 0 Å². The molecule has 0 bridgehead atoms. The number of esters is 1. The molecule has 0 radical (unpaired) electrons. The van der Waals surface area contributed by atoms with Crippen molar-refractivity contribution in [3.8, 4) is 0 Å². The van der Waals surface area contributed by atoms with E-state index in [4.69, 9.17) is 21.1 Å². The minimum Gasteiger partial charge on any atom is -0.465 e. The predicted octanol–water partition coefficient (Wildman–Crippen LogP) is 2.72. The highest BCUT2D eigenvalue weighted by molar-refractivity contribution is 6.31. The van der Waals surface area contributed by atoms with Gasteiger partial charge in [-0.05, 0) is 31.0 Å². The SMILES string of the molecule is COC(=O)c1cc(Cl)ccc1NC1CCOCC1. The van der Waals surface area contributed by atoms with Gasteiger partial charge in [0.25, 0.3) is 0 Å². The highest BCUT2D eigenvalue weighted by Crippen LogP contribution is 2.24. The summed E-state index contributed by atoms with van der Waals surface area (Å²) in [5.74, 6) is -0.382. The lowest BCUT2D eigenvalue weighted by Crippen LogP contribution is -2.28. The number of nitrogens with one attached hydrogen (secondary N) is 1. The van der Waals surface area contributed by atoms with Gasteiger partial charge in [-0.25, -0.2) is 4.79 Å². The average Bonchev–Trinajstić information content (AvgIpc) is 2.41. The molecule has 4 nitrogen and oxygen atoms in total. The molecule has 0 spiro atoms. The van der Waals surface area contributed by atoms with Crippen molar-refractivity contribution in [2.24, 2.45) is 0 Å². The lowest BCUT2D eigenvalue weighted by molar-refractivity contribution is 0.0601. The molecule has 1 aliphatic rings. The summed E-state index contributed by atoms with van der Waals surface area (Å²) < 4.78 is 10.1. The molecule has 0 amide bonds. The maximum absolute atomic E-state index is 11.7. The highest BCUT2D eigenvalue weighted by atomic mass is 35.5. The molecule has 1 aromatic rings. The first-order chi connectivity index (χ1) is 8.70. The smallest absolute Gasteiger partial charge is 0.340 e. The van der Waals surface area contributed by atoms with Gasteiger partial charge in [-0.3, -0.25) is 0 Å². The van der Waals surface area contributed by atoms with E-state index in [0.717, 1.165) is 31.7 Å². The van der Waals surface area contributed by atoms with Crippen LogP contribution >= 0.6 is 11.6 Å². The molecule has 1 N–H and O–H groups in total. The number of carbonyl (C=O) groups excluding carboxylic acids is 1. The topological polar surface area (TPSA) is 47.6 Å². The van der Waals surface area contributed by atoms with Crippen LogP contribution in [0.15, 0.2) is 18.2 Å². The van der Waals surface area contributed by atoms with E-state index in [2.05, 4.69) is 5.32 Å². The number of methoxy groups -OCH3 is 1. The van der Waals surface area contributed by atoms with E-state index in [0.29, 0.717) is 16.6 Å². The zero-order chi connectivity index (χ0) is 13.0. The van der Waals surface area contributed by atoms with Crippen LogP contribution in [0.2, 0.25) is 5.02 Å². The summed E-state index contributed by atoms with van der Waals surface area (Å²) in [4.78, 5) is 11.7. The zero-order valence-electron chi connectivity index (χ0n) is 10.2. The van der Waals surface area contributed by atoms with Gasteiger partial charge in [-0.1, -0.05) is 11.6 Å². The lowest BCUT2D eigenvalue weighted by atomic mass is 10.1. The van der Waals surface area contributed by atoms with Crippen molar-refractivity contribution in [3.63, 3.8) is 0 Å². The molecule has 1 saturated heterocycles. The molecule has 1 aliphatic heterocycles. The minimum absolute atomic E-state index is 0.323. The van der Waals surface area contributed by atoms with Crippen molar-refractivity contribution < 1.29 is 14.3 Å². The van der Waals surface area contributed by atoms with Crippen molar-refractivity contribution in [2.75, 3.05) is 25.6 Å². The molecule has 0 aromatic heterocycles. The molecule has 0 atom stereocenters. The van der Waals surface area contributed by atoms with Gasteiger partial charge in [0.05, 0.1) is 12.7 Å². The van der Waals surface area contributed by atoms with E-state index in [-0.39, 0.29) is 5.97 Å². The van der Waals surface area contributed by atoms with E-state index in [1.807, 2.05) is 6.07 Å². The summed E-state index contributed by atoms with van der Waals surface area (Å²) >= 11 is 5.91. The standard InChI is InChI=1S/C13H16ClNO3/c1-17-13(16)11-8-9(14)2-3-12(11)15-10-4-6-18-7-5-10/h2-3,8,10,15H,4-7H2,1H3. The van der Waals surface area contributed by atoms with E-state index < -0.39 is 0 Å². The van der Waals surface area contributed by atoms with Crippen molar-refractivity contribution >= 4 is 23.3 Å². The second kappa shape index (κ2) is 6.07. The molecule has 98 valence electrons. The van der Waals surface area contributed by atoms with Gasteiger partial charge in [0.2, 0.25) is 0 Å². The minimum atomic E-state index is -0.382. The quantitative estimate of drug-likeness (QED) is 0.857. The van der Waals surface area contributed by atoms with Crippen molar-refractivity contribution in [1.29, 1.82) is 0 Å². The Balaban J connectivity index is 2.17. The van der Waals surface area contributed by atoms with E-state index in [9.17, 15) is 4.79 Å². The van der Waals surface area contributed by atoms with Gasteiger partial charge in [0.15, 0.2) is 0 Å². The number of rotatable bonds is 3. The number of carbonyl (C=O) groups is 1. The van der Waals surface area contributed by atoms with Crippen LogP contribution in [0.1, 0.15) is 23.2 Å². The highest BCUT2D eigenvalue weighted by Gasteiger charge is 2.18. The summed E-state index contributed by atoms with van der Waals surface area (Å²) in [6.07, 6.45) is 1.87. The number of hydrogen-bond acceptors (Lipinski definition) is 4. The molecule has 18 heavy (non-hydrogen) atoms. The Morgan fingerprint density at radius 2 is 2.17 bits per heavy atom. The van der Waals surface area contributed by atoms with Gasteiger partial charge < -0.3 is 14.8 Å². The van der Waals surface area contributed by atoms with Crippen LogP contribution in [-0.4, -0.2) is 32.3 Å². The van der Waals surface area contributed by atoms with Gasteiger partial charge in [0.1, 0.15) is 0 Å². The summed E-state index contributed by atoms with van der Waals surface area (Å²) in [6.45, 7) is 1.50. The van der Waals surface area contributed by atoms with E-state index in [1.54, 1.807) is 12.1 Å². The monoisotopic (exact) mass is 269 g/mol. The van der Waals surface area contributed by atoms with Crippen molar-refractivity contribution in [1.82, 2.24) is 0 Å². The maximum Gasteiger partial charge on any atom is 0.340 e. The van der Waals surface area contributed by atoms with Crippen LogP contribution in [0, 0.1) is 0 Å². The summed E-state index contributed by atoms with van der Waals surface area (Å²) in [6, 6.07) is 5.51. The largest absolute Gasteiger partial charge is 0.465 e. The third kappa shape index (κ3) is 3.15. The number of anilines is 1. The Labute approximate surface area is 111 Å². The molecule has 0 aliphatic carbocycles. The second-order valence-electron chi connectivity index (χ2n) is 4.21.